The van der Waals surface area contributed by atoms with E-state index < -0.39 is 23.7 Å². The van der Waals surface area contributed by atoms with Gasteiger partial charge in [0.05, 0.1) is 6.61 Å². The second-order valence-corrected chi connectivity index (χ2v) is 7.30. The molecule has 1 fully saturated rings. The third-order valence-corrected chi connectivity index (χ3v) is 3.91. The van der Waals surface area contributed by atoms with E-state index in [1.54, 1.807) is 27.9 Å². The Morgan fingerprint density at radius 2 is 1.88 bits per heavy atom. The van der Waals surface area contributed by atoms with Crippen molar-refractivity contribution in [3.63, 3.8) is 0 Å². The van der Waals surface area contributed by atoms with Crippen LogP contribution in [0.5, 0.6) is 0 Å². The summed E-state index contributed by atoms with van der Waals surface area (Å²) in [4.78, 5) is 26.5. The zero-order valence-corrected chi connectivity index (χ0v) is 15.4. The van der Waals surface area contributed by atoms with Crippen molar-refractivity contribution in [2.45, 2.75) is 45.4 Å². The predicted octanol–water partition coefficient (Wildman–Crippen LogP) is 3.00. The summed E-state index contributed by atoms with van der Waals surface area (Å²) >= 11 is 0. The summed E-state index contributed by atoms with van der Waals surface area (Å²) in [6.07, 6.45) is 0.0218. The van der Waals surface area contributed by atoms with Crippen LogP contribution in [0.15, 0.2) is 30.3 Å². The van der Waals surface area contributed by atoms with Crippen molar-refractivity contribution < 1.29 is 23.8 Å². The quantitative estimate of drug-likeness (QED) is 0.765. The van der Waals surface area contributed by atoms with Gasteiger partial charge in [-0.05, 0) is 32.8 Å². The molecule has 0 aromatic heterocycles. The molecule has 2 rings (SSSR count). The number of esters is 1. The van der Waals surface area contributed by atoms with Crippen molar-refractivity contribution in [2.75, 3.05) is 20.3 Å². The lowest BCUT2D eigenvalue weighted by atomic mass is 10.1. The van der Waals surface area contributed by atoms with Crippen LogP contribution in [0.3, 0.4) is 0 Å². The van der Waals surface area contributed by atoms with Crippen LogP contribution in [0.4, 0.5) is 4.79 Å². The highest BCUT2D eigenvalue weighted by Gasteiger charge is 2.42. The number of nitrogens with zero attached hydrogens (tertiary/aromatic N) is 1. The van der Waals surface area contributed by atoms with Gasteiger partial charge in [0.15, 0.2) is 0 Å². The van der Waals surface area contributed by atoms with E-state index in [0.29, 0.717) is 19.6 Å². The van der Waals surface area contributed by atoms with Crippen LogP contribution < -0.4 is 0 Å². The van der Waals surface area contributed by atoms with Crippen molar-refractivity contribution in [3.05, 3.63) is 35.9 Å². The molecule has 1 amide bonds. The first-order chi connectivity index (χ1) is 11.8. The molecule has 6 nitrogen and oxygen atoms in total. The lowest BCUT2D eigenvalue weighted by Gasteiger charge is -2.27. The summed E-state index contributed by atoms with van der Waals surface area (Å²) < 4.78 is 16.0. The number of ether oxygens (including phenoxy) is 3. The lowest BCUT2D eigenvalue weighted by Crippen LogP contribution is -2.44. The molecule has 0 radical (unpaired) electrons. The molecular formula is C19H27NO5. The molecule has 1 saturated heterocycles. The third-order valence-electron chi connectivity index (χ3n) is 3.91. The van der Waals surface area contributed by atoms with Crippen LogP contribution in [-0.2, 0) is 25.6 Å². The standard InChI is InChI=1S/C19H27NO5/c1-19(2,3)25-18(22)20-11-15(12-23-4)10-16(20)17(21)24-13-14-8-6-5-7-9-14/h5-9,15-16H,10-13H2,1-4H3/t15-,16-/m0/s1. The van der Waals surface area contributed by atoms with E-state index in [1.807, 2.05) is 30.3 Å². The van der Waals surface area contributed by atoms with E-state index in [2.05, 4.69) is 0 Å². The normalized spacial score (nSPS) is 20.4. The Balaban J connectivity index is 2.02. The van der Waals surface area contributed by atoms with Gasteiger partial charge in [-0.1, -0.05) is 30.3 Å². The number of amides is 1. The smallest absolute Gasteiger partial charge is 0.411 e. The van der Waals surface area contributed by atoms with Gasteiger partial charge in [0.25, 0.3) is 0 Å². The fourth-order valence-corrected chi connectivity index (χ4v) is 2.85. The van der Waals surface area contributed by atoms with Gasteiger partial charge in [0, 0.05) is 19.6 Å². The molecule has 0 aliphatic carbocycles. The number of hydrogen-bond acceptors (Lipinski definition) is 5. The van der Waals surface area contributed by atoms with E-state index in [0.717, 1.165) is 5.56 Å². The summed E-state index contributed by atoms with van der Waals surface area (Å²) in [6.45, 7) is 6.51. The Bertz CT molecular complexity index is 581. The molecule has 1 aromatic rings. The van der Waals surface area contributed by atoms with Gasteiger partial charge in [0.2, 0.25) is 0 Å². The lowest BCUT2D eigenvalue weighted by molar-refractivity contribution is -0.150. The molecule has 0 bridgehead atoms. The second-order valence-electron chi connectivity index (χ2n) is 7.30. The van der Waals surface area contributed by atoms with Gasteiger partial charge in [-0.2, -0.15) is 0 Å². The van der Waals surface area contributed by atoms with Crippen molar-refractivity contribution in [3.8, 4) is 0 Å². The third kappa shape index (κ3) is 5.74. The number of hydrogen-bond donors (Lipinski definition) is 0. The highest BCUT2D eigenvalue weighted by atomic mass is 16.6. The van der Waals surface area contributed by atoms with E-state index in [4.69, 9.17) is 14.2 Å². The number of benzene rings is 1. The molecule has 6 heteroatoms. The summed E-state index contributed by atoms with van der Waals surface area (Å²) in [7, 11) is 1.61. The van der Waals surface area contributed by atoms with Crippen molar-refractivity contribution in [2.24, 2.45) is 5.92 Å². The molecule has 2 atom stereocenters. The van der Waals surface area contributed by atoms with Crippen LogP contribution in [0.25, 0.3) is 0 Å². The summed E-state index contributed by atoms with van der Waals surface area (Å²) in [5.74, 6) is -0.319. The Morgan fingerprint density at radius 1 is 1.20 bits per heavy atom. The van der Waals surface area contributed by atoms with Crippen LogP contribution in [0.1, 0.15) is 32.8 Å². The molecule has 0 spiro atoms. The van der Waals surface area contributed by atoms with Crippen molar-refractivity contribution >= 4 is 12.1 Å². The van der Waals surface area contributed by atoms with E-state index in [-0.39, 0.29) is 12.5 Å². The molecule has 0 saturated carbocycles. The first-order valence-electron chi connectivity index (χ1n) is 8.49. The number of carbonyl (C=O) groups excluding carboxylic acids is 2. The minimum atomic E-state index is -0.640. The molecule has 138 valence electrons. The van der Waals surface area contributed by atoms with Gasteiger partial charge < -0.3 is 14.2 Å². The molecule has 25 heavy (non-hydrogen) atoms. The maximum Gasteiger partial charge on any atom is 0.411 e. The SMILES string of the molecule is COC[C@H]1C[C@@H](C(=O)OCc2ccccc2)N(C(=O)OC(C)(C)C)C1. The largest absolute Gasteiger partial charge is 0.459 e. The first-order valence-corrected chi connectivity index (χ1v) is 8.49. The molecule has 0 N–H and O–H groups in total. The highest BCUT2D eigenvalue weighted by Crippen LogP contribution is 2.27. The zero-order chi connectivity index (χ0) is 18.4. The number of rotatable bonds is 5. The van der Waals surface area contributed by atoms with E-state index in [9.17, 15) is 9.59 Å². The summed E-state index contributed by atoms with van der Waals surface area (Å²) in [5, 5.41) is 0. The van der Waals surface area contributed by atoms with Crippen LogP contribution >= 0.6 is 0 Å². The Labute approximate surface area is 149 Å². The number of methoxy groups -OCH3 is 1. The highest BCUT2D eigenvalue weighted by molar-refractivity contribution is 5.82. The number of likely N-dealkylation sites (tertiary alicyclic amines) is 1. The minimum Gasteiger partial charge on any atom is -0.459 e. The molecule has 1 aromatic carbocycles. The summed E-state index contributed by atoms with van der Waals surface area (Å²) in [5.41, 5.74) is 0.292. The fraction of sp³-hybridized carbons (Fsp3) is 0.579. The molecule has 1 aliphatic rings. The van der Waals surface area contributed by atoms with E-state index in [1.165, 1.54) is 4.90 Å². The first kappa shape index (κ1) is 19.2. The average molecular weight is 349 g/mol. The van der Waals surface area contributed by atoms with Gasteiger partial charge in [-0.15, -0.1) is 0 Å². The molecule has 0 unspecified atom stereocenters. The average Bonchev–Trinajstić information content (AvgIpc) is 2.97. The second kappa shape index (κ2) is 8.34. The molecule has 1 aliphatic heterocycles. The van der Waals surface area contributed by atoms with E-state index >= 15 is 0 Å². The van der Waals surface area contributed by atoms with Gasteiger partial charge in [0.1, 0.15) is 18.2 Å². The molecular weight excluding hydrogens is 322 g/mol. The predicted molar refractivity (Wildman–Crippen MR) is 92.9 cm³/mol. The van der Waals surface area contributed by atoms with Crippen molar-refractivity contribution in [1.82, 2.24) is 4.90 Å². The van der Waals surface area contributed by atoms with Gasteiger partial charge in [-0.25, -0.2) is 9.59 Å². The van der Waals surface area contributed by atoms with Gasteiger partial charge in [-0.3, -0.25) is 4.90 Å². The van der Waals surface area contributed by atoms with Gasteiger partial charge >= 0.3 is 12.1 Å². The maximum absolute atomic E-state index is 12.5. The Hall–Kier alpha value is -2.08. The van der Waals surface area contributed by atoms with Crippen molar-refractivity contribution in [1.29, 1.82) is 0 Å². The zero-order valence-electron chi connectivity index (χ0n) is 15.4. The minimum absolute atomic E-state index is 0.0896. The topological polar surface area (TPSA) is 65.1 Å². The summed E-state index contributed by atoms with van der Waals surface area (Å²) in [6, 6.07) is 8.82. The molecule has 1 heterocycles. The van der Waals surface area contributed by atoms with Crippen LogP contribution in [-0.4, -0.2) is 48.9 Å². The Kier molecular flexibility index (Phi) is 6.42. The fourth-order valence-electron chi connectivity index (χ4n) is 2.85. The van der Waals surface area contributed by atoms with Crippen LogP contribution in [0, 0.1) is 5.92 Å². The monoisotopic (exact) mass is 349 g/mol. The number of carbonyl (C=O) groups is 2. The van der Waals surface area contributed by atoms with Crippen LogP contribution in [0.2, 0.25) is 0 Å². The Morgan fingerprint density at radius 3 is 2.48 bits per heavy atom. The maximum atomic E-state index is 12.5.